The zero-order chi connectivity index (χ0) is 31.7. The van der Waals surface area contributed by atoms with E-state index >= 15 is 0 Å². The summed E-state index contributed by atoms with van der Waals surface area (Å²) in [7, 11) is -1.64. The van der Waals surface area contributed by atoms with Gasteiger partial charge in [-0.25, -0.2) is 8.42 Å². The van der Waals surface area contributed by atoms with Gasteiger partial charge in [0.1, 0.15) is 9.96 Å². The lowest BCUT2D eigenvalue weighted by Gasteiger charge is -2.36. The Morgan fingerprint density at radius 3 is 2.55 bits per heavy atom. The van der Waals surface area contributed by atoms with Gasteiger partial charge in [-0.15, -0.1) is 11.3 Å². The molecule has 2 heterocycles. The van der Waals surface area contributed by atoms with Gasteiger partial charge in [0.15, 0.2) is 0 Å². The van der Waals surface area contributed by atoms with Crippen molar-refractivity contribution in [2.75, 3.05) is 44.6 Å². The Bertz CT molecular complexity index is 1280. The third-order valence-electron chi connectivity index (χ3n) is 8.85. The highest BCUT2D eigenvalue weighted by Crippen LogP contribution is 2.30. The number of nitrogens with one attached hydrogen (secondary N) is 1. The summed E-state index contributed by atoms with van der Waals surface area (Å²) in [6, 6.07) is 7.60. The maximum atomic E-state index is 14.3. The molecule has 1 fully saturated rings. The van der Waals surface area contributed by atoms with Gasteiger partial charge in [-0.05, 0) is 88.6 Å². The van der Waals surface area contributed by atoms with Crippen molar-refractivity contribution in [1.29, 1.82) is 0 Å². The van der Waals surface area contributed by atoms with Crippen molar-refractivity contribution >= 4 is 33.0 Å². The van der Waals surface area contributed by atoms with E-state index in [4.69, 9.17) is 9.47 Å². The molecule has 0 unspecified atom stereocenters. The zero-order valence-corrected chi connectivity index (χ0v) is 28.4. The van der Waals surface area contributed by atoms with Crippen LogP contribution in [0.5, 0.6) is 5.75 Å². The van der Waals surface area contributed by atoms with Crippen molar-refractivity contribution in [1.82, 2.24) is 9.80 Å². The molecule has 2 aliphatic rings. The van der Waals surface area contributed by atoms with Crippen LogP contribution in [-0.4, -0.2) is 87.4 Å². The number of hydrogen-bond acceptors (Lipinski definition) is 8. The van der Waals surface area contributed by atoms with Crippen LogP contribution in [0.3, 0.4) is 0 Å². The Kier molecular flexibility index (Phi) is 12.9. The molecular weight excluding hydrogens is 599 g/mol. The Balaban J connectivity index is 1.61. The van der Waals surface area contributed by atoms with Gasteiger partial charge in [0.2, 0.25) is 0 Å². The summed E-state index contributed by atoms with van der Waals surface area (Å²) >= 11 is 1.13. The summed E-state index contributed by atoms with van der Waals surface area (Å²) in [6.07, 6.45) is 8.93. The summed E-state index contributed by atoms with van der Waals surface area (Å²) in [5, 5.41) is 11.9. The first-order valence-electron chi connectivity index (χ1n) is 16.2. The average molecular weight is 650 g/mol. The molecule has 0 saturated heterocycles. The van der Waals surface area contributed by atoms with Crippen LogP contribution >= 0.6 is 11.3 Å². The van der Waals surface area contributed by atoms with Crippen LogP contribution in [0.2, 0.25) is 0 Å². The highest BCUT2D eigenvalue weighted by atomic mass is 32.2. The normalized spacial score (nSPS) is 23.9. The first-order valence-corrected chi connectivity index (χ1v) is 18.5. The van der Waals surface area contributed by atoms with Crippen molar-refractivity contribution < 1.29 is 27.8 Å². The molecule has 1 aliphatic carbocycles. The van der Waals surface area contributed by atoms with Gasteiger partial charge >= 0.3 is 0 Å². The predicted octanol–water partition coefficient (Wildman–Crippen LogP) is 5.86. The molecule has 1 aromatic carbocycles. The third kappa shape index (κ3) is 9.66. The van der Waals surface area contributed by atoms with Crippen LogP contribution in [-0.2, 0) is 14.8 Å². The van der Waals surface area contributed by atoms with Crippen LogP contribution in [0.25, 0.3) is 0 Å². The number of benzene rings is 1. The number of amides is 1. The summed E-state index contributed by atoms with van der Waals surface area (Å²) in [5.74, 6) is 0.804. The van der Waals surface area contributed by atoms with E-state index in [2.05, 4.69) is 23.6 Å². The number of likely N-dealkylation sites (N-methyl/N-ethyl adjacent to an activating group) is 1. The van der Waals surface area contributed by atoms with Gasteiger partial charge < -0.3 is 24.4 Å². The van der Waals surface area contributed by atoms with Gasteiger partial charge in [0.05, 0.1) is 30.4 Å². The van der Waals surface area contributed by atoms with E-state index in [1.54, 1.807) is 40.6 Å². The lowest BCUT2D eigenvalue weighted by molar-refractivity contribution is -0.0190. The number of thiophene rings is 1. The van der Waals surface area contributed by atoms with Crippen molar-refractivity contribution in [2.45, 2.75) is 94.6 Å². The minimum atomic E-state index is -3.81. The topological polar surface area (TPSA) is 108 Å². The highest BCUT2D eigenvalue weighted by Gasteiger charge is 2.31. The number of carbonyl (C=O) groups is 1. The summed E-state index contributed by atoms with van der Waals surface area (Å²) in [5.41, 5.74) is 0.540. The highest BCUT2D eigenvalue weighted by molar-refractivity contribution is 7.94. The van der Waals surface area contributed by atoms with E-state index < -0.39 is 16.1 Å². The maximum absolute atomic E-state index is 14.3. The number of aliphatic hydroxyl groups excluding tert-OH is 1. The van der Waals surface area contributed by atoms with Gasteiger partial charge in [0, 0.05) is 37.8 Å². The van der Waals surface area contributed by atoms with Gasteiger partial charge in [-0.1, -0.05) is 32.3 Å². The molecule has 4 rings (SSSR count). The molecule has 2 N–H and O–H groups in total. The largest absolute Gasteiger partial charge is 0.490 e. The van der Waals surface area contributed by atoms with Crippen molar-refractivity contribution in [3.05, 3.63) is 41.3 Å². The molecule has 0 bridgehead atoms. The maximum Gasteiger partial charge on any atom is 0.271 e. The Morgan fingerprint density at radius 1 is 1.09 bits per heavy atom. The molecule has 1 aliphatic heterocycles. The van der Waals surface area contributed by atoms with E-state index in [9.17, 15) is 18.3 Å². The standard InChI is InChI=1S/C33H51N3O6S2/c1-24-20-36(25(2)23-37)33(38)29-19-28(34-44(39,40)32-14-10-18-43-32)15-16-30(29)42-26(3)11-8-9-17-41-31(24)22-35(4)21-27-12-6-5-7-13-27/h10,14-16,18-19,24-27,31,34,37H,5-9,11-13,17,20-23H2,1-4H3/t24-,25-,26-,31+/m1/s1. The van der Waals surface area contributed by atoms with Gasteiger partial charge in [-0.3, -0.25) is 9.52 Å². The fourth-order valence-electron chi connectivity index (χ4n) is 6.26. The van der Waals surface area contributed by atoms with E-state index in [1.807, 2.05) is 13.8 Å². The zero-order valence-electron chi connectivity index (χ0n) is 26.7. The molecule has 246 valence electrons. The Hall–Kier alpha value is -2.18. The molecular formula is C33H51N3O6S2. The molecule has 0 radical (unpaired) electrons. The van der Waals surface area contributed by atoms with E-state index in [0.717, 1.165) is 49.6 Å². The predicted molar refractivity (Wildman–Crippen MR) is 176 cm³/mol. The molecule has 1 amide bonds. The molecule has 1 aromatic heterocycles. The fraction of sp³-hybridized carbons (Fsp3) is 0.667. The molecule has 1 saturated carbocycles. The fourth-order valence-corrected chi connectivity index (χ4v) is 8.31. The first kappa shape index (κ1) is 34.7. The molecule has 2 aromatic rings. The minimum Gasteiger partial charge on any atom is -0.490 e. The summed E-state index contributed by atoms with van der Waals surface area (Å²) < 4.78 is 41.5. The van der Waals surface area contributed by atoms with Crippen LogP contribution in [0, 0.1) is 11.8 Å². The molecule has 44 heavy (non-hydrogen) atoms. The number of sulfonamides is 1. The summed E-state index contributed by atoms with van der Waals surface area (Å²) in [6.45, 7) is 8.56. The number of hydrogen-bond donors (Lipinski definition) is 2. The van der Waals surface area contributed by atoms with Crippen molar-refractivity contribution in [3.63, 3.8) is 0 Å². The number of carbonyl (C=O) groups excluding carboxylic acids is 1. The second-order valence-electron chi connectivity index (χ2n) is 12.8. The molecule has 0 spiro atoms. The van der Waals surface area contributed by atoms with E-state index in [1.165, 1.54) is 32.1 Å². The number of aliphatic hydroxyl groups is 1. The lowest BCUT2D eigenvalue weighted by Crippen LogP contribution is -2.47. The second kappa shape index (κ2) is 16.4. The van der Waals surface area contributed by atoms with Gasteiger partial charge in [-0.2, -0.15) is 0 Å². The SMILES string of the molecule is C[C@@H]1CCCCO[C@@H](CN(C)CC2CCCCC2)[C@H](C)CN([C@H](C)CO)C(=O)c2cc(NS(=O)(=O)c3cccs3)ccc2O1. The lowest BCUT2D eigenvalue weighted by atomic mass is 9.89. The number of fused-ring (bicyclic) bond motifs is 1. The minimum absolute atomic E-state index is 0.00602. The molecule has 4 atom stereocenters. The quantitative estimate of drug-likeness (QED) is 0.351. The van der Waals surface area contributed by atoms with Crippen LogP contribution in [0.15, 0.2) is 39.9 Å². The second-order valence-corrected chi connectivity index (χ2v) is 15.6. The number of ether oxygens (including phenoxy) is 2. The van der Waals surface area contributed by atoms with Crippen molar-refractivity contribution in [2.24, 2.45) is 11.8 Å². The van der Waals surface area contributed by atoms with Crippen LogP contribution < -0.4 is 9.46 Å². The Morgan fingerprint density at radius 2 is 1.84 bits per heavy atom. The molecule has 9 nitrogen and oxygen atoms in total. The Labute approximate surface area is 268 Å². The number of anilines is 1. The number of rotatable bonds is 9. The first-order chi connectivity index (χ1) is 21.1. The van der Waals surface area contributed by atoms with E-state index in [0.29, 0.717) is 18.9 Å². The van der Waals surface area contributed by atoms with Crippen LogP contribution in [0.1, 0.15) is 82.5 Å². The third-order valence-corrected chi connectivity index (χ3v) is 11.6. The van der Waals surface area contributed by atoms with Crippen LogP contribution in [0.4, 0.5) is 5.69 Å². The summed E-state index contributed by atoms with van der Waals surface area (Å²) in [4.78, 5) is 18.4. The monoisotopic (exact) mass is 649 g/mol. The van der Waals surface area contributed by atoms with E-state index in [-0.39, 0.29) is 46.1 Å². The smallest absolute Gasteiger partial charge is 0.271 e. The average Bonchev–Trinajstić information content (AvgIpc) is 3.55. The van der Waals surface area contributed by atoms with Crippen molar-refractivity contribution in [3.8, 4) is 5.75 Å². The number of nitrogens with zero attached hydrogens (tertiary/aromatic N) is 2. The molecule has 11 heteroatoms. The van der Waals surface area contributed by atoms with Gasteiger partial charge in [0.25, 0.3) is 15.9 Å².